The van der Waals surface area contributed by atoms with Gasteiger partial charge in [-0.15, -0.1) is 0 Å². The molecule has 10 rings (SSSR count). The van der Waals surface area contributed by atoms with E-state index in [1.54, 1.807) is 30.9 Å². The van der Waals surface area contributed by atoms with Crippen LogP contribution in [0, 0.1) is 13.8 Å². The zero-order chi connectivity index (χ0) is 44.2. The molecule has 8 aromatic rings. The molecule has 16 heteroatoms. The summed E-state index contributed by atoms with van der Waals surface area (Å²) in [6, 6.07) is 24.3. The van der Waals surface area contributed by atoms with Gasteiger partial charge in [0.2, 0.25) is 0 Å². The number of carbonyl (C=O) groups is 1. The number of H-pyrrole nitrogens is 3. The second-order valence-electron chi connectivity index (χ2n) is 16.4. The molecule has 2 aliphatic rings. The molecular formula is C48H50N12O4. The molecule has 0 amide bonds. The second-order valence-corrected chi connectivity index (χ2v) is 16.4. The number of anilines is 4. The lowest BCUT2D eigenvalue weighted by atomic mass is 9.90. The summed E-state index contributed by atoms with van der Waals surface area (Å²) in [7, 11) is 0. The molecule has 326 valence electrons. The third-order valence-electron chi connectivity index (χ3n) is 12.1. The quantitative estimate of drug-likeness (QED) is 0.0683. The minimum absolute atomic E-state index is 0.161. The fraction of sp³-hybridized carbons (Fsp3) is 0.271. The minimum atomic E-state index is -0.974. The van der Waals surface area contributed by atoms with E-state index in [1.807, 2.05) is 44.2 Å². The van der Waals surface area contributed by atoms with Crippen LogP contribution >= 0.6 is 0 Å². The van der Waals surface area contributed by atoms with Crippen LogP contribution in [0.2, 0.25) is 0 Å². The molecule has 64 heavy (non-hydrogen) atoms. The highest BCUT2D eigenvalue weighted by molar-refractivity contribution is 5.96. The smallest absolute Gasteiger partial charge is 0.325 e. The van der Waals surface area contributed by atoms with Gasteiger partial charge in [-0.1, -0.05) is 24.3 Å². The van der Waals surface area contributed by atoms with Gasteiger partial charge in [-0.05, 0) is 148 Å². The molecular weight excluding hydrogens is 809 g/mol. The van der Waals surface area contributed by atoms with Gasteiger partial charge in [-0.2, -0.15) is 10.2 Å². The summed E-state index contributed by atoms with van der Waals surface area (Å²) < 4.78 is 1.34. The fourth-order valence-corrected chi connectivity index (χ4v) is 8.80. The predicted molar refractivity (Wildman–Crippen MR) is 250 cm³/mol. The van der Waals surface area contributed by atoms with E-state index < -0.39 is 5.97 Å². The average Bonchev–Trinajstić information content (AvgIpc) is 3.92. The first-order valence-corrected chi connectivity index (χ1v) is 21.6. The highest BCUT2D eigenvalue weighted by atomic mass is 16.4. The lowest BCUT2D eigenvalue weighted by molar-refractivity contribution is -0.137. The van der Waals surface area contributed by atoms with Crippen molar-refractivity contribution in [2.75, 3.05) is 36.8 Å². The van der Waals surface area contributed by atoms with Crippen LogP contribution in [-0.4, -0.2) is 77.2 Å². The number of nitrogens with zero attached hydrogens (tertiary/aromatic N) is 5. The number of carboxylic acid groups (broad SMARTS) is 1. The van der Waals surface area contributed by atoms with Crippen molar-refractivity contribution < 1.29 is 9.90 Å². The van der Waals surface area contributed by atoms with Gasteiger partial charge in [0.15, 0.2) is 0 Å². The third kappa shape index (κ3) is 9.19. The Morgan fingerprint density at radius 2 is 1.22 bits per heavy atom. The van der Waals surface area contributed by atoms with Crippen LogP contribution in [0.1, 0.15) is 60.0 Å². The largest absolute Gasteiger partial charge is 0.480 e. The first kappa shape index (κ1) is 41.9. The molecule has 0 radical (unpaired) electrons. The average molecular weight is 859 g/mol. The highest BCUT2D eigenvalue weighted by Gasteiger charge is 2.19. The molecule has 2 fully saturated rings. The first-order valence-electron chi connectivity index (χ1n) is 21.6. The van der Waals surface area contributed by atoms with E-state index >= 15 is 0 Å². The maximum absolute atomic E-state index is 12.6. The van der Waals surface area contributed by atoms with Crippen LogP contribution in [0.25, 0.3) is 44.1 Å². The topological polar surface area (TPSA) is 223 Å². The Bertz CT molecular complexity index is 3030. The zero-order valence-electron chi connectivity index (χ0n) is 35.7. The Morgan fingerprint density at radius 3 is 1.70 bits per heavy atom. The number of carboxylic acids is 1. The first-order chi connectivity index (χ1) is 31.2. The lowest BCUT2D eigenvalue weighted by Crippen LogP contribution is -2.26. The van der Waals surface area contributed by atoms with E-state index in [-0.39, 0.29) is 17.7 Å². The monoisotopic (exact) mass is 858 g/mol. The number of nitrogens with one attached hydrogen (secondary N) is 7. The summed E-state index contributed by atoms with van der Waals surface area (Å²) in [4.78, 5) is 51.2. The molecule has 0 spiro atoms. The number of rotatable bonds is 10. The van der Waals surface area contributed by atoms with Crippen molar-refractivity contribution >= 4 is 50.5 Å². The Labute approximate surface area is 368 Å². The number of aryl methyl sites for hydroxylation is 2. The molecule has 16 nitrogen and oxygen atoms in total. The molecule has 6 aromatic heterocycles. The number of piperidine rings is 2. The van der Waals surface area contributed by atoms with Crippen LogP contribution in [0.15, 0.2) is 107 Å². The van der Waals surface area contributed by atoms with Gasteiger partial charge >= 0.3 is 5.97 Å². The SMILES string of the molecule is Cc1n[nH]c(C)c1-c1cc2cc[nH]c(=O)c2c(Nc2ccc(C3CCNCC3)cc2)n1.O=C(O)Cn1cc(-c2cc3cc[nH]c(=O)c3c(Nc3ccc(C4CCNCC4)cc3)n2)cn1. The molecule has 8 N–H and O–H groups in total. The van der Waals surface area contributed by atoms with Crippen molar-refractivity contribution in [3.63, 3.8) is 0 Å². The van der Waals surface area contributed by atoms with Gasteiger partial charge in [-0.3, -0.25) is 24.2 Å². The van der Waals surface area contributed by atoms with Gasteiger partial charge in [0, 0.05) is 46.8 Å². The summed E-state index contributed by atoms with van der Waals surface area (Å²) in [5.74, 6) is 1.17. The molecule has 2 saturated heterocycles. The number of hydrogen-bond donors (Lipinski definition) is 8. The Kier molecular flexibility index (Phi) is 12.1. The fourth-order valence-electron chi connectivity index (χ4n) is 8.80. The standard InChI is InChI=1S/C24H24N6O3.C24H26N6O/c31-21(32)14-30-13-18(12-27-30)20-11-17-7-10-26-24(33)22(17)23(29-20)28-19-3-1-15(2-4-19)16-5-8-25-9-6-16;1-14-21(15(2)30-29-14)20-13-18-9-12-26-24(31)22(18)23(28-20)27-19-5-3-16(4-6-19)17-7-10-25-11-8-17/h1-4,7,10-13,16,25H,5-6,8-9,14H2,(H,26,33)(H,28,29)(H,31,32);3-6,9,12-13,17,25H,7-8,10-11H2,1-2H3,(H,26,31)(H,27,28)(H,29,30). The molecule has 0 unspecified atom stereocenters. The Morgan fingerprint density at radius 1 is 0.719 bits per heavy atom. The minimum Gasteiger partial charge on any atom is -0.480 e. The molecule has 0 bridgehead atoms. The van der Waals surface area contributed by atoms with E-state index in [9.17, 15) is 14.4 Å². The number of pyridine rings is 4. The van der Waals surface area contributed by atoms with E-state index in [2.05, 4.69) is 82.9 Å². The maximum atomic E-state index is 12.6. The maximum Gasteiger partial charge on any atom is 0.325 e. The van der Waals surface area contributed by atoms with Gasteiger partial charge in [0.1, 0.15) is 18.2 Å². The van der Waals surface area contributed by atoms with E-state index in [1.165, 1.54) is 28.7 Å². The van der Waals surface area contributed by atoms with Crippen molar-refractivity contribution in [3.8, 4) is 22.5 Å². The van der Waals surface area contributed by atoms with Gasteiger partial charge in [0.25, 0.3) is 11.1 Å². The van der Waals surface area contributed by atoms with Crippen molar-refractivity contribution in [3.05, 3.63) is 141 Å². The van der Waals surface area contributed by atoms with Crippen LogP contribution in [0.4, 0.5) is 23.0 Å². The van der Waals surface area contributed by atoms with Crippen LogP contribution in [-0.2, 0) is 11.3 Å². The van der Waals surface area contributed by atoms with Crippen molar-refractivity contribution in [1.82, 2.24) is 50.5 Å². The van der Waals surface area contributed by atoms with Gasteiger partial charge in [-0.25, -0.2) is 9.97 Å². The molecule has 2 aromatic carbocycles. The summed E-state index contributed by atoms with van der Waals surface area (Å²) in [6.45, 7) is 7.92. The number of hydrogen-bond acceptors (Lipinski definition) is 11. The zero-order valence-corrected chi connectivity index (χ0v) is 35.7. The lowest BCUT2D eigenvalue weighted by Gasteiger charge is -2.23. The summed E-state index contributed by atoms with van der Waals surface area (Å²) >= 11 is 0. The molecule has 0 aliphatic carbocycles. The van der Waals surface area contributed by atoms with Crippen LogP contribution in [0.5, 0.6) is 0 Å². The van der Waals surface area contributed by atoms with Gasteiger partial charge < -0.3 is 36.3 Å². The van der Waals surface area contributed by atoms with Crippen LogP contribution in [0.3, 0.4) is 0 Å². The second kappa shape index (κ2) is 18.5. The van der Waals surface area contributed by atoms with Gasteiger partial charge in [0.05, 0.1) is 34.1 Å². The number of aliphatic carboxylic acids is 1. The Hall–Kier alpha value is -7.43. The summed E-state index contributed by atoms with van der Waals surface area (Å²) in [5.41, 5.74) is 8.88. The summed E-state index contributed by atoms with van der Waals surface area (Å²) in [6.07, 6.45) is 11.1. The Balaban J connectivity index is 0.000000162. The number of fused-ring (bicyclic) bond motifs is 2. The molecule has 2 aliphatic heterocycles. The third-order valence-corrected chi connectivity index (χ3v) is 12.1. The molecule has 8 heterocycles. The number of aromatic nitrogens is 8. The molecule has 0 saturated carbocycles. The molecule has 0 atom stereocenters. The van der Waals surface area contributed by atoms with E-state index in [4.69, 9.17) is 15.1 Å². The predicted octanol–water partition coefficient (Wildman–Crippen LogP) is 7.22. The number of benzene rings is 2. The van der Waals surface area contributed by atoms with Crippen molar-refractivity contribution in [1.29, 1.82) is 0 Å². The van der Waals surface area contributed by atoms with Crippen molar-refractivity contribution in [2.45, 2.75) is 57.9 Å². The van der Waals surface area contributed by atoms with Crippen LogP contribution < -0.4 is 32.4 Å². The van der Waals surface area contributed by atoms with Crippen molar-refractivity contribution in [2.24, 2.45) is 0 Å². The van der Waals surface area contributed by atoms with E-state index in [0.717, 1.165) is 83.8 Å². The normalized spacial score (nSPS) is 14.6. The summed E-state index contributed by atoms with van der Waals surface area (Å²) in [5, 5.41) is 36.5. The highest BCUT2D eigenvalue weighted by Crippen LogP contribution is 2.33. The van der Waals surface area contributed by atoms with E-state index in [0.29, 0.717) is 45.5 Å². The number of aromatic amines is 3.